The van der Waals surface area contributed by atoms with E-state index in [4.69, 9.17) is 5.26 Å². The molecule has 0 spiro atoms. The fourth-order valence-corrected chi connectivity index (χ4v) is 2.38. The SMILES string of the molecule is Cc1ccc(NC2CCCN(C)C2)c(C#N)c1. The van der Waals surface area contributed by atoms with E-state index in [-0.39, 0.29) is 0 Å². The molecule has 3 nitrogen and oxygen atoms in total. The molecule has 1 fully saturated rings. The Morgan fingerprint density at radius 1 is 1.47 bits per heavy atom. The molecule has 1 unspecified atom stereocenters. The van der Waals surface area contributed by atoms with Crippen LogP contribution in [0.4, 0.5) is 5.69 Å². The van der Waals surface area contributed by atoms with Crippen molar-refractivity contribution in [3.05, 3.63) is 29.3 Å². The second kappa shape index (κ2) is 5.20. The van der Waals surface area contributed by atoms with E-state index in [0.717, 1.165) is 23.4 Å². The molecule has 2 rings (SSSR count). The van der Waals surface area contributed by atoms with Crippen molar-refractivity contribution in [1.82, 2.24) is 4.90 Å². The molecule has 17 heavy (non-hydrogen) atoms. The van der Waals surface area contributed by atoms with Gasteiger partial charge < -0.3 is 10.2 Å². The van der Waals surface area contributed by atoms with Gasteiger partial charge in [-0.3, -0.25) is 0 Å². The molecule has 0 radical (unpaired) electrons. The van der Waals surface area contributed by atoms with Crippen molar-refractivity contribution in [2.24, 2.45) is 0 Å². The smallest absolute Gasteiger partial charge is 0.101 e. The summed E-state index contributed by atoms with van der Waals surface area (Å²) in [6.07, 6.45) is 2.41. The van der Waals surface area contributed by atoms with Crippen LogP contribution in [0.15, 0.2) is 18.2 Å². The highest BCUT2D eigenvalue weighted by molar-refractivity contribution is 5.59. The molecule has 1 aliphatic rings. The summed E-state index contributed by atoms with van der Waals surface area (Å²) in [5, 5.41) is 12.6. The number of likely N-dealkylation sites (N-methyl/N-ethyl adjacent to an activating group) is 1. The molecule has 1 aliphatic heterocycles. The van der Waals surface area contributed by atoms with Gasteiger partial charge in [0.15, 0.2) is 0 Å². The van der Waals surface area contributed by atoms with Crippen LogP contribution in [-0.2, 0) is 0 Å². The third-order valence-electron chi connectivity index (χ3n) is 3.28. The van der Waals surface area contributed by atoms with Crippen LogP contribution >= 0.6 is 0 Å². The van der Waals surface area contributed by atoms with Crippen molar-refractivity contribution >= 4 is 5.69 Å². The Morgan fingerprint density at radius 3 is 3.00 bits per heavy atom. The first-order valence-corrected chi connectivity index (χ1v) is 6.15. The number of hydrogen-bond donors (Lipinski definition) is 1. The number of nitrogens with zero attached hydrogens (tertiary/aromatic N) is 2. The lowest BCUT2D eigenvalue weighted by molar-refractivity contribution is 0.261. The van der Waals surface area contributed by atoms with Crippen molar-refractivity contribution in [3.8, 4) is 6.07 Å². The number of nitriles is 1. The predicted molar refractivity (Wildman–Crippen MR) is 70.0 cm³/mol. The minimum absolute atomic E-state index is 0.462. The van der Waals surface area contributed by atoms with E-state index >= 15 is 0 Å². The quantitative estimate of drug-likeness (QED) is 0.846. The molecule has 1 heterocycles. The van der Waals surface area contributed by atoms with Gasteiger partial charge in [-0.2, -0.15) is 5.26 Å². The van der Waals surface area contributed by atoms with E-state index in [1.807, 2.05) is 19.1 Å². The zero-order chi connectivity index (χ0) is 12.3. The topological polar surface area (TPSA) is 39.1 Å². The molecule has 3 heteroatoms. The summed E-state index contributed by atoms with van der Waals surface area (Å²) in [5.41, 5.74) is 2.85. The van der Waals surface area contributed by atoms with Gasteiger partial charge >= 0.3 is 0 Å². The van der Waals surface area contributed by atoms with E-state index < -0.39 is 0 Å². The van der Waals surface area contributed by atoms with Crippen molar-refractivity contribution in [3.63, 3.8) is 0 Å². The van der Waals surface area contributed by atoms with Crippen molar-refractivity contribution in [2.45, 2.75) is 25.8 Å². The fraction of sp³-hybridized carbons (Fsp3) is 0.500. The van der Waals surface area contributed by atoms with Gasteiger partial charge in [-0.15, -0.1) is 0 Å². The van der Waals surface area contributed by atoms with Crippen LogP contribution in [0.2, 0.25) is 0 Å². The normalized spacial score (nSPS) is 20.9. The van der Waals surface area contributed by atoms with Crippen LogP contribution in [0.5, 0.6) is 0 Å². The van der Waals surface area contributed by atoms with Crippen LogP contribution in [0.25, 0.3) is 0 Å². The Morgan fingerprint density at radius 2 is 2.29 bits per heavy atom. The maximum atomic E-state index is 9.12. The van der Waals surface area contributed by atoms with Gasteiger partial charge in [0.05, 0.1) is 11.3 Å². The molecule has 0 saturated carbocycles. The molecule has 90 valence electrons. The highest BCUT2D eigenvalue weighted by atomic mass is 15.1. The lowest BCUT2D eigenvalue weighted by Gasteiger charge is -2.31. The first-order valence-electron chi connectivity index (χ1n) is 6.15. The third-order valence-corrected chi connectivity index (χ3v) is 3.28. The number of anilines is 1. The molecule has 0 bridgehead atoms. The molecule has 1 saturated heterocycles. The molecular weight excluding hydrogens is 210 g/mol. The molecule has 1 atom stereocenters. The molecular formula is C14H19N3. The summed E-state index contributed by atoms with van der Waals surface area (Å²) < 4.78 is 0. The summed E-state index contributed by atoms with van der Waals surface area (Å²) >= 11 is 0. The number of hydrogen-bond acceptors (Lipinski definition) is 3. The van der Waals surface area contributed by atoms with Crippen molar-refractivity contribution in [1.29, 1.82) is 5.26 Å². The van der Waals surface area contributed by atoms with E-state index in [0.29, 0.717) is 6.04 Å². The number of rotatable bonds is 2. The second-order valence-corrected chi connectivity index (χ2v) is 4.91. The largest absolute Gasteiger partial charge is 0.380 e. The average Bonchev–Trinajstić information content (AvgIpc) is 2.31. The van der Waals surface area contributed by atoms with Crippen LogP contribution < -0.4 is 5.32 Å². The highest BCUT2D eigenvalue weighted by Crippen LogP contribution is 2.20. The van der Waals surface area contributed by atoms with Gasteiger partial charge in [0.1, 0.15) is 6.07 Å². The number of benzene rings is 1. The van der Waals surface area contributed by atoms with Crippen LogP contribution in [-0.4, -0.2) is 31.1 Å². The second-order valence-electron chi connectivity index (χ2n) is 4.91. The minimum atomic E-state index is 0.462. The summed E-state index contributed by atoms with van der Waals surface area (Å²) in [6, 6.07) is 8.73. The standard InChI is InChI=1S/C14H19N3/c1-11-5-6-14(12(8-11)9-15)16-13-4-3-7-17(2)10-13/h5-6,8,13,16H,3-4,7,10H2,1-2H3. The first kappa shape index (κ1) is 11.9. The zero-order valence-electron chi connectivity index (χ0n) is 10.5. The Balaban J connectivity index is 2.10. The number of likely N-dealkylation sites (tertiary alicyclic amines) is 1. The van der Waals surface area contributed by atoms with Gasteiger partial charge in [-0.1, -0.05) is 6.07 Å². The molecule has 1 aromatic rings. The van der Waals surface area contributed by atoms with Gasteiger partial charge in [0.25, 0.3) is 0 Å². The van der Waals surface area contributed by atoms with Crippen LogP contribution in [0, 0.1) is 18.3 Å². The summed E-state index contributed by atoms with van der Waals surface area (Å²) in [7, 11) is 2.15. The average molecular weight is 229 g/mol. The molecule has 0 aromatic heterocycles. The molecule has 0 amide bonds. The Hall–Kier alpha value is -1.53. The van der Waals surface area contributed by atoms with E-state index in [1.165, 1.54) is 19.4 Å². The lowest BCUT2D eigenvalue weighted by Crippen LogP contribution is -2.39. The summed E-state index contributed by atoms with van der Waals surface area (Å²) in [4.78, 5) is 2.33. The Kier molecular flexibility index (Phi) is 3.65. The monoisotopic (exact) mass is 229 g/mol. The van der Waals surface area contributed by atoms with E-state index in [2.05, 4.69) is 29.4 Å². The predicted octanol–water partition coefficient (Wildman–Crippen LogP) is 2.37. The van der Waals surface area contributed by atoms with E-state index in [9.17, 15) is 0 Å². The van der Waals surface area contributed by atoms with Gasteiger partial charge in [-0.05, 0) is 51.1 Å². The van der Waals surface area contributed by atoms with Crippen LogP contribution in [0.1, 0.15) is 24.0 Å². The van der Waals surface area contributed by atoms with Gasteiger partial charge in [0.2, 0.25) is 0 Å². The summed E-state index contributed by atoms with van der Waals surface area (Å²) in [5.74, 6) is 0. The number of piperidine rings is 1. The number of aryl methyl sites for hydroxylation is 1. The third kappa shape index (κ3) is 2.98. The van der Waals surface area contributed by atoms with Crippen LogP contribution in [0.3, 0.4) is 0 Å². The fourth-order valence-electron chi connectivity index (χ4n) is 2.38. The van der Waals surface area contributed by atoms with Gasteiger partial charge in [-0.25, -0.2) is 0 Å². The first-order chi connectivity index (χ1) is 8.19. The molecule has 1 aromatic carbocycles. The van der Waals surface area contributed by atoms with Crippen molar-refractivity contribution in [2.75, 3.05) is 25.5 Å². The number of nitrogens with one attached hydrogen (secondary N) is 1. The summed E-state index contributed by atoms with van der Waals surface area (Å²) in [6.45, 7) is 4.24. The highest BCUT2D eigenvalue weighted by Gasteiger charge is 2.17. The Bertz CT molecular complexity index is 434. The lowest BCUT2D eigenvalue weighted by atomic mass is 10.0. The van der Waals surface area contributed by atoms with Gasteiger partial charge in [0, 0.05) is 12.6 Å². The van der Waals surface area contributed by atoms with Crippen molar-refractivity contribution < 1.29 is 0 Å². The maximum Gasteiger partial charge on any atom is 0.101 e. The van der Waals surface area contributed by atoms with E-state index in [1.54, 1.807) is 0 Å². The zero-order valence-corrected chi connectivity index (χ0v) is 10.5. The Labute approximate surface area is 103 Å². The maximum absolute atomic E-state index is 9.12. The molecule has 0 aliphatic carbocycles. The minimum Gasteiger partial charge on any atom is -0.380 e. The molecule has 1 N–H and O–H groups in total.